The summed E-state index contributed by atoms with van der Waals surface area (Å²) in [4.78, 5) is 9.53. The normalized spacial score (nSPS) is 14.9. The number of nitrogens with zero attached hydrogens (tertiary/aromatic N) is 2. The fourth-order valence-corrected chi connectivity index (χ4v) is 3.26. The van der Waals surface area contributed by atoms with Gasteiger partial charge in [0.25, 0.3) is 0 Å². The van der Waals surface area contributed by atoms with Crippen LogP contribution in [0, 0.1) is 11.6 Å². The summed E-state index contributed by atoms with van der Waals surface area (Å²) in [6.45, 7) is 2.71. The first-order valence-electron chi connectivity index (χ1n) is 8.02. The zero-order valence-corrected chi connectivity index (χ0v) is 13.7. The zero-order chi connectivity index (χ0) is 17.4. The zero-order valence-electron chi connectivity index (χ0n) is 13.7. The molecule has 0 unspecified atom stereocenters. The summed E-state index contributed by atoms with van der Waals surface area (Å²) >= 11 is 0. The number of fused-ring (bicyclic) bond motifs is 1. The van der Waals surface area contributed by atoms with Crippen LogP contribution < -0.4 is 9.64 Å². The van der Waals surface area contributed by atoms with E-state index in [-0.39, 0.29) is 11.3 Å². The average molecular weight is 345 g/mol. The topological polar surface area (TPSA) is 50.4 Å². The molecule has 0 aliphatic carbocycles. The van der Waals surface area contributed by atoms with Crippen molar-refractivity contribution < 1.29 is 18.3 Å². The summed E-state index contributed by atoms with van der Waals surface area (Å²) < 4.78 is 39.1. The van der Waals surface area contributed by atoms with E-state index in [2.05, 4.69) is 14.9 Å². The molecule has 0 saturated carbocycles. The Kier molecular flexibility index (Phi) is 4.01. The van der Waals surface area contributed by atoms with E-state index >= 15 is 0 Å². The lowest BCUT2D eigenvalue weighted by atomic mass is 10.0. The van der Waals surface area contributed by atoms with Gasteiger partial charge in [0.1, 0.15) is 11.4 Å². The number of H-pyrrole nitrogens is 1. The highest BCUT2D eigenvalue weighted by Crippen LogP contribution is 2.41. The van der Waals surface area contributed by atoms with E-state index < -0.39 is 11.6 Å². The van der Waals surface area contributed by atoms with Crippen molar-refractivity contribution in [1.82, 2.24) is 9.97 Å². The maximum absolute atomic E-state index is 14.6. The summed E-state index contributed by atoms with van der Waals surface area (Å²) in [6.07, 6.45) is 3.34. The number of hydrogen-bond acceptors (Lipinski definition) is 4. The van der Waals surface area contributed by atoms with E-state index in [9.17, 15) is 8.78 Å². The van der Waals surface area contributed by atoms with E-state index in [1.165, 1.54) is 13.2 Å². The Bertz CT molecular complexity index is 920. The monoisotopic (exact) mass is 345 g/mol. The molecule has 0 amide bonds. The van der Waals surface area contributed by atoms with Crippen molar-refractivity contribution in [2.24, 2.45) is 0 Å². The van der Waals surface area contributed by atoms with Crippen LogP contribution in [-0.4, -0.2) is 43.4 Å². The summed E-state index contributed by atoms with van der Waals surface area (Å²) in [7, 11) is 1.44. The minimum absolute atomic E-state index is 0.0938. The van der Waals surface area contributed by atoms with Crippen LogP contribution in [0.1, 0.15) is 0 Å². The molecular weight excluding hydrogens is 328 g/mol. The first-order valence-corrected chi connectivity index (χ1v) is 8.02. The predicted octanol–water partition coefficient (Wildman–Crippen LogP) is 3.35. The van der Waals surface area contributed by atoms with Gasteiger partial charge in [0.05, 0.1) is 37.0 Å². The van der Waals surface area contributed by atoms with Crippen LogP contribution in [0.4, 0.5) is 14.5 Å². The third-order valence-electron chi connectivity index (χ3n) is 4.45. The number of hydrogen-bond donors (Lipinski definition) is 1. The Balaban J connectivity index is 1.96. The van der Waals surface area contributed by atoms with E-state index in [0.29, 0.717) is 24.4 Å². The maximum atomic E-state index is 14.6. The number of anilines is 1. The van der Waals surface area contributed by atoms with Crippen molar-refractivity contribution in [1.29, 1.82) is 0 Å². The number of methoxy groups -OCH3 is 1. The smallest absolute Gasteiger partial charge is 0.170 e. The number of morpholine rings is 1. The molecule has 25 heavy (non-hydrogen) atoms. The van der Waals surface area contributed by atoms with Gasteiger partial charge in [0, 0.05) is 31.0 Å². The van der Waals surface area contributed by atoms with Gasteiger partial charge in [-0.25, -0.2) is 13.8 Å². The highest BCUT2D eigenvalue weighted by molar-refractivity contribution is 6.03. The van der Waals surface area contributed by atoms with Crippen LogP contribution >= 0.6 is 0 Å². The van der Waals surface area contributed by atoms with Crippen LogP contribution in [0.2, 0.25) is 0 Å². The van der Waals surface area contributed by atoms with Crippen LogP contribution in [-0.2, 0) is 4.74 Å². The fourth-order valence-electron chi connectivity index (χ4n) is 3.26. The Morgan fingerprint density at radius 1 is 1.20 bits per heavy atom. The first-order chi connectivity index (χ1) is 12.2. The van der Waals surface area contributed by atoms with E-state index in [4.69, 9.17) is 9.47 Å². The highest BCUT2D eigenvalue weighted by Gasteiger charge is 2.23. The summed E-state index contributed by atoms with van der Waals surface area (Å²) in [6, 6.07) is 4.37. The molecule has 0 spiro atoms. The standard InChI is InChI=1S/C18H17F2N3O2/c1-24-14-3-2-12(19)17(20)16(14)11-10-22-18-15(11)13(4-5-21-18)23-6-8-25-9-7-23/h2-5,10H,6-9H2,1H3,(H,21,22). The summed E-state index contributed by atoms with van der Waals surface area (Å²) in [5, 5.41) is 0.743. The minimum Gasteiger partial charge on any atom is -0.496 e. The Labute approximate surface area is 143 Å². The van der Waals surface area contributed by atoms with Gasteiger partial charge >= 0.3 is 0 Å². The number of aromatic nitrogens is 2. The molecule has 1 aliphatic heterocycles. The van der Waals surface area contributed by atoms with Crippen molar-refractivity contribution in [3.8, 4) is 16.9 Å². The minimum atomic E-state index is -0.933. The molecule has 1 N–H and O–H groups in total. The Morgan fingerprint density at radius 3 is 2.76 bits per heavy atom. The highest BCUT2D eigenvalue weighted by atomic mass is 19.2. The van der Waals surface area contributed by atoms with Crippen LogP contribution in [0.15, 0.2) is 30.6 Å². The molecule has 2 aromatic heterocycles. The van der Waals surface area contributed by atoms with Crippen LogP contribution in [0.5, 0.6) is 5.75 Å². The van der Waals surface area contributed by atoms with Crippen molar-refractivity contribution in [3.63, 3.8) is 0 Å². The fraction of sp³-hybridized carbons (Fsp3) is 0.278. The molecular formula is C18H17F2N3O2. The molecule has 0 bridgehead atoms. The Morgan fingerprint density at radius 2 is 2.00 bits per heavy atom. The quantitative estimate of drug-likeness (QED) is 0.791. The van der Waals surface area contributed by atoms with Crippen molar-refractivity contribution in [2.75, 3.05) is 38.3 Å². The number of aromatic amines is 1. The van der Waals surface area contributed by atoms with Crippen LogP contribution in [0.25, 0.3) is 22.2 Å². The summed E-state index contributed by atoms with van der Waals surface area (Å²) in [5.74, 6) is -1.57. The lowest BCUT2D eigenvalue weighted by Crippen LogP contribution is -2.36. The van der Waals surface area contributed by atoms with Crippen molar-refractivity contribution >= 4 is 16.7 Å². The lowest BCUT2D eigenvalue weighted by molar-refractivity contribution is 0.123. The maximum Gasteiger partial charge on any atom is 0.170 e. The molecule has 0 radical (unpaired) electrons. The Hall–Kier alpha value is -2.67. The van der Waals surface area contributed by atoms with E-state index in [1.807, 2.05) is 6.07 Å². The first kappa shape index (κ1) is 15.8. The number of halogens is 2. The molecule has 7 heteroatoms. The van der Waals surface area contributed by atoms with Gasteiger partial charge in [-0.2, -0.15) is 0 Å². The molecule has 3 aromatic rings. The van der Waals surface area contributed by atoms with Gasteiger partial charge in [-0.15, -0.1) is 0 Å². The molecule has 1 aromatic carbocycles. The molecule has 1 fully saturated rings. The molecule has 1 aliphatic rings. The van der Waals surface area contributed by atoms with Gasteiger partial charge in [-0.1, -0.05) is 0 Å². The van der Waals surface area contributed by atoms with E-state index in [0.717, 1.165) is 30.2 Å². The predicted molar refractivity (Wildman–Crippen MR) is 91.0 cm³/mol. The average Bonchev–Trinajstić information content (AvgIpc) is 3.08. The number of benzene rings is 1. The number of nitrogens with one attached hydrogen (secondary N) is 1. The molecule has 5 nitrogen and oxygen atoms in total. The van der Waals surface area contributed by atoms with Gasteiger partial charge < -0.3 is 19.4 Å². The van der Waals surface area contributed by atoms with Gasteiger partial charge in [-0.05, 0) is 18.2 Å². The van der Waals surface area contributed by atoms with Crippen molar-refractivity contribution in [2.45, 2.75) is 0 Å². The SMILES string of the molecule is COc1ccc(F)c(F)c1-c1c[nH]c2nccc(N3CCOCC3)c12. The molecule has 4 rings (SSSR count). The third kappa shape index (κ3) is 2.60. The van der Waals surface area contributed by atoms with Crippen LogP contribution in [0.3, 0.4) is 0 Å². The second-order valence-corrected chi connectivity index (χ2v) is 5.79. The van der Waals surface area contributed by atoms with E-state index in [1.54, 1.807) is 12.4 Å². The molecule has 130 valence electrons. The third-order valence-corrected chi connectivity index (χ3v) is 4.45. The van der Waals surface area contributed by atoms with Gasteiger partial charge in [0.2, 0.25) is 0 Å². The number of ether oxygens (including phenoxy) is 2. The lowest BCUT2D eigenvalue weighted by Gasteiger charge is -2.29. The van der Waals surface area contributed by atoms with Gasteiger partial charge in [-0.3, -0.25) is 0 Å². The van der Waals surface area contributed by atoms with Crippen molar-refractivity contribution in [3.05, 3.63) is 42.2 Å². The second-order valence-electron chi connectivity index (χ2n) is 5.79. The summed E-state index contributed by atoms with van der Waals surface area (Å²) in [5.41, 5.74) is 2.15. The molecule has 1 saturated heterocycles. The number of rotatable bonds is 3. The molecule has 0 atom stereocenters. The largest absolute Gasteiger partial charge is 0.496 e. The van der Waals surface area contributed by atoms with Gasteiger partial charge in [0.15, 0.2) is 11.6 Å². The number of pyridine rings is 1. The molecule has 3 heterocycles. The second kappa shape index (κ2) is 6.33.